The van der Waals surface area contributed by atoms with Crippen molar-refractivity contribution in [3.05, 3.63) is 51.5 Å². The summed E-state index contributed by atoms with van der Waals surface area (Å²) in [6.45, 7) is 3.07. The van der Waals surface area contributed by atoms with Gasteiger partial charge in [-0.25, -0.2) is 4.98 Å². The molecule has 0 unspecified atom stereocenters. The van der Waals surface area contributed by atoms with Crippen molar-refractivity contribution < 1.29 is 13.2 Å². The van der Waals surface area contributed by atoms with Gasteiger partial charge in [-0.1, -0.05) is 12.1 Å². The molecule has 19 heavy (non-hydrogen) atoms. The lowest BCUT2D eigenvalue weighted by atomic mass is 10.1. The number of aryl methyl sites for hydroxylation is 1. The van der Waals surface area contributed by atoms with Gasteiger partial charge in [0.25, 0.3) is 0 Å². The SMILES string of the molecule is Cc1nc(CNCc2ccc(C(F)(F)F)cc2)cs1. The summed E-state index contributed by atoms with van der Waals surface area (Å²) < 4.78 is 37.1. The Morgan fingerprint density at radius 1 is 1.16 bits per heavy atom. The van der Waals surface area contributed by atoms with Crippen LogP contribution in [-0.2, 0) is 19.3 Å². The van der Waals surface area contributed by atoms with Crippen molar-refractivity contribution in [2.75, 3.05) is 0 Å². The third kappa shape index (κ3) is 4.04. The summed E-state index contributed by atoms with van der Waals surface area (Å²) >= 11 is 1.58. The van der Waals surface area contributed by atoms with Crippen molar-refractivity contribution >= 4 is 11.3 Å². The first-order valence-electron chi connectivity index (χ1n) is 5.73. The molecule has 6 heteroatoms. The molecule has 0 atom stereocenters. The number of hydrogen-bond donors (Lipinski definition) is 1. The molecule has 2 aromatic rings. The zero-order valence-electron chi connectivity index (χ0n) is 10.3. The Balaban J connectivity index is 1.86. The number of alkyl halides is 3. The highest BCUT2D eigenvalue weighted by Gasteiger charge is 2.29. The van der Waals surface area contributed by atoms with Crippen molar-refractivity contribution in [2.24, 2.45) is 0 Å². The molecule has 1 aromatic carbocycles. The highest BCUT2D eigenvalue weighted by Crippen LogP contribution is 2.29. The number of halogens is 3. The lowest BCUT2D eigenvalue weighted by Crippen LogP contribution is -2.13. The van der Waals surface area contributed by atoms with Gasteiger partial charge in [-0.2, -0.15) is 13.2 Å². The molecule has 0 amide bonds. The van der Waals surface area contributed by atoms with Crippen LogP contribution < -0.4 is 5.32 Å². The van der Waals surface area contributed by atoms with Crippen LogP contribution in [0.4, 0.5) is 13.2 Å². The first-order chi connectivity index (χ1) is 8.95. The Kier molecular flexibility index (Phi) is 4.21. The summed E-state index contributed by atoms with van der Waals surface area (Å²) in [5, 5.41) is 6.13. The average molecular weight is 286 g/mol. The minimum Gasteiger partial charge on any atom is -0.307 e. The van der Waals surface area contributed by atoms with E-state index in [1.807, 2.05) is 12.3 Å². The van der Waals surface area contributed by atoms with E-state index in [0.717, 1.165) is 28.4 Å². The van der Waals surface area contributed by atoms with E-state index in [0.29, 0.717) is 13.1 Å². The van der Waals surface area contributed by atoms with Gasteiger partial charge >= 0.3 is 6.18 Å². The molecule has 0 bridgehead atoms. The minimum atomic E-state index is -4.27. The molecule has 0 spiro atoms. The van der Waals surface area contributed by atoms with Crippen LogP contribution in [0.25, 0.3) is 0 Å². The van der Waals surface area contributed by atoms with Gasteiger partial charge in [0.05, 0.1) is 16.3 Å². The zero-order valence-corrected chi connectivity index (χ0v) is 11.1. The fraction of sp³-hybridized carbons (Fsp3) is 0.308. The summed E-state index contributed by atoms with van der Waals surface area (Å²) in [5.74, 6) is 0. The van der Waals surface area contributed by atoms with Gasteiger partial charge in [0.1, 0.15) is 0 Å². The molecule has 0 radical (unpaired) electrons. The predicted molar refractivity (Wildman–Crippen MR) is 68.8 cm³/mol. The van der Waals surface area contributed by atoms with Crippen LogP contribution in [0.15, 0.2) is 29.6 Å². The zero-order chi connectivity index (χ0) is 13.9. The van der Waals surface area contributed by atoms with Crippen LogP contribution in [0.3, 0.4) is 0 Å². The van der Waals surface area contributed by atoms with Crippen LogP contribution in [-0.4, -0.2) is 4.98 Å². The van der Waals surface area contributed by atoms with Crippen LogP contribution in [0.2, 0.25) is 0 Å². The summed E-state index contributed by atoms with van der Waals surface area (Å²) in [6, 6.07) is 5.18. The molecule has 1 N–H and O–H groups in total. The van der Waals surface area contributed by atoms with E-state index in [1.54, 1.807) is 11.3 Å². The second kappa shape index (κ2) is 5.71. The molecule has 0 aliphatic rings. The molecule has 0 saturated carbocycles. The lowest BCUT2D eigenvalue weighted by Gasteiger charge is -2.08. The number of aromatic nitrogens is 1. The Labute approximate surface area is 113 Å². The molecular weight excluding hydrogens is 273 g/mol. The van der Waals surface area contributed by atoms with Gasteiger partial charge in [-0.3, -0.25) is 0 Å². The maximum atomic E-state index is 12.4. The summed E-state index contributed by atoms with van der Waals surface area (Å²) in [7, 11) is 0. The van der Waals surface area contributed by atoms with E-state index in [2.05, 4.69) is 10.3 Å². The van der Waals surface area contributed by atoms with E-state index in [1.165, 1.54) is 12.1 Å². The summed E-state index contributed by atoms with van der Waals surface area (Å²) in [6.07, 6.45) is -4.27. The smallest absolute Gasteiger partial charge is 0.307 e. The molecule has 1 aromatic heterocycles. The van der Waals surface area contributed by atoms with E-state index in [9.17, 15) is 13.2 Å². The third-order valence-corrected chi connectivity index (χ3v) is 3.41. The van der Waals surface area contributed by atoms with Gasteiger partial charge in [0, 0.05) is 18.5 Å². The van der Waals surface area contributed by atoms with Crippen molar-refractivity contribution in [3.63, 3.8) is 0 Å². The standard InChI is InChI=1S/C13H13F3N2S/c1-9-18-12(8-19-9)7-17-6-10-2-4-11(5-3-10)13(14,15)16/h2-5,8,17H,6-7H2,1H3. The molecule has 102 valence electrons. The molecular formula is C13H13F3N2S. The molecule has 1 heterocycles. The highest BCUT2D eigenvalue weighted by molar-refractivity contribution is 7.09. The van der Waals surface area contributed by atoms with Crippen molar-refractivity contribution in [1.82, 2.24) is 10.3 Å². The molecule has 2 rings (SSSR count). The van der Waals surface area contributed by atoms with E-state index < -0.39 is 11.7 Å². The summed E-state index contributed by atoms with van der Waals surface area (Å²) in [4.78, 5) is 4.30. The Bertz CT molecular complexity index is 532. The largest absolute Gasteiger partial charge is 0.416 e. The first kappa shape index (κ1) is 14.0. The molecule has 2 nitrogen and oxygen atoms in total. The summed E-state index contributed by atoms with van der Waals surface area (Å²) in [5.41, 5.74) is 1.15. The predicted octanol–water partition coefficient (Wildman–Crippen LogP) is 3.76. The Morgan fingerprint density at radius 2 is 1.84 bits per heavy atom. The van der Waals surface area contributed by atoms with Crippen LogP contribution in [0.1, 0.15) is 21.8 Å². The number of nitrogens with one attached hydrogen (secondary N) is 1. The van der Waals surface area contributed by atoms with E-state index in [4.69, 9.17) is 0 Å². The second-order valence-corrected chi connectivity index (χ2v) is 5.22. The van der Waals surface area contributed by atoms with Crippen molar-refractivity contribution in [2.45, 2.75) is 26.2 Å². The van der Waals surface area contributed by atoms with Crippen LogP contribution >= 0.6 is 11.3 Å². The van der Waals surface area contributed by atoms with Gasteiger partial charge in [0.2, 0.25) is 0 Å². The van der Waals surface area contributed by atoms with Gasteiger partial charge in [-0.15, -0.1) is 11.3 Å². The number of thiazole rings is 1. The monoisotopic (exact) mass is 286 g/mol. The average Bonchev–Trinajstić information content (AvgIpc) is 2.75. The van der Waals surface area contributed by atoms with Crippen molar-refractivity contribution in [1.29, 1.82) is 0 Å². The Hall–Kier alpha value is -1.40. The molecule has 0 fully saturated rings. The topological polar surface area (TPSA) is 24.9 Å². The normalized spacial score (nSPS) is 11.8. The quantitative estimate of drug-likeness (QED) is 0.925. The molecule has 0 saturated heterocycles. The maximum Gasteiger partial charge on any atom is 0.416 e. The van der Waals surface area contributed by atoms with Crippen LogP contribution in [0, 0.1) is 6.92 Å². The van der Waals surface area contributed by atoms with Gasteiger partial charge in [0.15, 0.2) is 0 Å². The Morgan fingerprint density at radius 3 is 2.37 bits per heavy atom. The highest BCUT2D eigenvalue weighted by atomic mass is 32.1. The fourth-order valence-electron chi connectivity index (χ4n) is 1.64. The van der Waals surface area contributed by atoms with E-state index in [-0.39, 0.29) is 0 Å². The fourth-order valence-corrected chi connectivity index (χ4v) is 2.25. The molecule has 0 aliphatic heterocycles. The third-order valence-electron chi connectivity index (χ3n) is 2.58. The second-order valence-electron chi connectivity index (χ2n) is 4.16. The van der Waals surface area contributed by atoms with Crippen molar-refractivity contribution in [3.8, 4) is 0 Å². The maximum absolute atomic E-state index is 12.4. The first-order valence-corrected chi connectivity index (χ1v) is 6.61. The van der Waals surface area contributed by atoms with Crippen LogP contribution in [0.5, 0.6) is 0 Å². The van der Waals surface area contributed by atoms with Gasteiger partial charge in [-0.05, 0) is 24.6 Å². The van der Waals surface area contributed by atoms with E-state index >= 15 is 0 Å². The number of nitrogens with zero attached hydrogens (tertiary/aromatic N) is 1. The molecule has 0 aliphatic carbocycles. The van der Waals surface area contributed by atoms with Gasteiger partial charge < -0.3 is 5.32 Å². The number of rotatable bonds is 4. The number of hydrogen-bond acceptors (Lipinski definition) is 3. The number of benzene rings is 1. The lowest BCUT2D eigenvalue weighted by molar-refractivity contribution is -0.137. The minimum absolute atomic E-state index is 0.523.